The summed E-state index contributed by atoms with van der Waals surface area (Å²) >= 11 is 7.71. The SMILES string of the molecule is CCCN1CC=C[C@@H]2S[C@]34C=CCN(c5ccc(Cl)cc5)C(=O)C3N([C@@H](CO)Cc3ccccc3)C(=O)[C@@H]4[C@@H]2C1=O. The summed E-state index contributed by atoms with van der Waals surface area (Å²) in [4.78, 5) is 48.5. The van der Waals surface area contributed by atoms with Crippen LogP contribution in [0.4, 0.5) is 5.69 Å². The number of carbonyl (C=O) groups is 3. The number of anilines is 1. The number of hydrogen-bond acceptors (Lipinski definition) is 5. The van der Waals surface area contributed by atoms with Gasteiger partial charge in [-0.15, -0.1) is 11.8 Å². The van der Waals surface area contributed by atoms with E-state index < -0.39 is 28.7 Å². The quantitative estimate of drug-likeness (QED) is 0.493. The van der Waals surface area contributed by atoms with E-state index in [1.54, 1.807) is 45.8 Å². The monoisotopic (exact) mass is 591 g/mol. The van der Waals surface area contributed by atoms with Crippen molar-refractivity contribution in [2.45, 2.75) is 41.8 Å². The van der Waals surface area contributed by atoms with Gasteiger partial charge in [-0.2, -0.15) is 0 Å². The Labute approximate surface area is 249 Å². The second-order valence-corrected chi connectivity index (χ2v) is 13.1. The minimum absolute atomic E-state index is 0.0339. The maximum atomic E-state index is 14.7. The first-order valence-corrected chi connectivity index (χ1v) is 15.5. The molecule has 1 unspecified atom stereocenters. The number of aliphatic hydroxyl groups excluding tert-OH is 1. The number of amides is 3. The predicted octanol–water partition coefficient (Wildman–Crippen LogP) is 3.95. The highest BCUT2D eigenvalue weighted by Crippen LogP contribution is 2.61. The molecule has 4 aliphatic rings. The van der Waals surface area contributed by atoms with E-state index >= 15 is 0 Å². The van der Waals surface area contributed by atoms with Crippen LogP contribution in [0.5, 0.6) is 0 Å². The summed E-state index contributed by atoms with van der Waals surface area (Å²) in [5.41, 5.74) is 1.65. The van der Waals surface area contributed by atoms with E-state index in [1.807, 2.05) is 60.4 Å². The van der Waals surface area contributed by atoms with Gasteiger partial charge in [-0.1, -0.05) is 73.2 Å². The molecule has 41 heavy (non-hydrogen) atoms. The van der Waals surface area contributed by atoms with Crippen LogP contribution in [-0.2, 0) is 20.8 Å². The molecule has 2 saturated heterocycles. The van der Waals surface area contributed by atoms with Crippen molar-refractivity contribution >= 4 is 46.8 Å². The maximum Gasteiger partial charge on any atom is 0.251 e. The summed E-state index contributed by atoms with van der Waals surface area (Å²) in [5, 5.41) is 11.0. The molecule has 0 aromatic heterocycles. The molecule has 6 atom stereocenters. The van der Waals surface area contributed by atoms with Gasteiger partial charge < -0.3 is 19.8 Å². The molecule has 7 nitrogen and oxygen atoms in total. The summed E-state index contributed by atoms with van der Waals surface area (Å²) in [6.45, 7) is 3.21. The fourth-order valence-corrected chi connectivity index (χ4v) is 9.10. The lowest BCUT2D eigenvalue weighted by Gasteiger charge is -2.38. The van der Waals surface area contributed by atoms with Gasteiger partial charge in [0.25, 0.3) is 5.91 Å². The molecule has 1 N–H and O–H groups in total. The zero-order chi connectivity index (χ0) is 28.7. The molecular formula is C32H34ClN3O4S. The lowest BCUT2D eigenvalue weighted by Crippen LogP contribution is -2.57. The molecule has 2 aromatic carbocycles. The van der Waals surface area contributed by atoms with Gasteiger partial charge in [0.05, 0.1) is 29.2 Å². The van der Waals surface area contributed by atoms with Crippen molar-refractivity contribution in [3.63, 3.8) is 0 Å². The van der Waals surface area contributed by atoms with E-state index in [0.29, 0.717) is 36.8 Å². The third kappa shape index (κ3) is 4.70. The largest absolute Gasteiger partial charge is 0.394 e. The van der Waals surface area contributed by atoms with Crippen molar-refractivity contribution in [3.8, 4) is 0 Å². The van der Waals surface area contributed by atoms with Crippen LogP contribution in [-0.4, -0.2) is 80.9 Å². The molecule has 0 radical (unpaired) electrons. The number of carbonyl (C=O) groups excluding carboxylic acids is 3. The average Bonchev–Trinajstić information content (AvgIpc) is 3.30. The van der Waals surface area contributed by atoms with Gasteiger partial charge in [0.2, 0.25) is 11.8 Å². The van der Waals surface area contributed by atoms with E-state index in [-0.39, 0.29) is 29.6 Å². The number of fused-ring (bicyclic) bond motifs is 2. The minimum atomic E-state index is -0.940. The molecule has 0 bridgehead atoms. The zero-order valence-electron chi connectivity index (χ0n) is 22.9. The molecule has 214 valence electrons. The van der Waals surface area contributed by atoms with Gasteiger partial charge in [0.15, 0.2) is 0 Å². The molecule has 1 spiro atoms. The topological polar surface area (TPSA) is 81.2 Å². The van der Waals surface area contributed by atoms with Crippen LogP contribution in [0, 0.1) is 11.8 Å². The molecule has 6 rings (SSSR count). The lowest BCUT2D eigenvalue weighted by atomic mass is 9.78. The second kappa shape index (κ2) is 11.3. The van der Waals surface area contributed by atoms with Crippen molar-refractivity contribution < 1.29 is 19.5 Å². The van der Waals surface area contributed by atoms with Gasteiger partial charge in [-0.25, -0.2) is 0 Å². The normalized spacial score (nSPS) is 29.7. The standard InChI is InChI=1S/C32H34ClN3O4S/c1-2-16-34-17-6-10-25-26(29(34)38)27-30(39)36(24(20-37)19-21-8-4-3-5-9-21)28-31(40)35(18-7-15-32(27,28)41-25)23-13-11-22(33)12-14-23/h3-15,24-28,37H,2,16-20H2,1H3/t24-,25+,26-,27+,28?,32+/m1/s1. The highest BCUT2D eigenvalue weighted by atomic mass is 35.5. The Kier molecular flexibility index (Phi) is 7.74. The number of likely N-dealkylation sites (tertiary alicyclic amines) is 1. The van der Waals surface area contributed by atoms with E-state index in [4.69, 9.17) is 11.6 Å². The Balaban J connectivity index is 1.47. The van der Waals surface area contributed by atoms with Crippen LogP contribution in [0.3, 0.4) is 0 Å². The van der Waals surface area contributed by atoms with Crippen molar-refractivity contribution in [2.75, 3.05) is 31.1 Å². The smallest absolute Gasteiger partial charge is 0.251 e. The first-order chi connectivity index (χ1) is 19.9. The Morgan fingerprint density at radius 2 is 1.76 bits per heavy atom. The Morgan fingerprint density at radius 3 is 2.46 bits per heavy atom. The number of rotatable bonds is 7. The Bertz CT molecular complexity index is 1380. The molecule has 4 heterocycles. The molecule has 2 fully saturated rings. The number of benzene rings is 2. The van der Waals surface area contributed by atoms with E-state index in [9.17, 15) is 19.5 Å². The van der Waals surface area contributed by atoms with Gasteiger partial charge >= 0.3 is 0 Å². The molecule has 3 amide bonds. The van der Waals surface area contributed by atoms with Crippen LogP contribution >= 0.6 is 23.4 Å². The fraction of sp³-hybridized carbons (Fsp3) is 0.406. The average molecular weight is 592 g/mol. The summed E-state index contributed by atoms with van der Waals surface area (Å²) in [6.07, 6.45) is 9.26. The van der Waals surface area contributed by atoms with Gasteiger partial charge in [-0.3, -0.25) is 14.4 Å². The van der Waals surface area contributed by atoms with Crippen LogP contribution in [0.15, 0.2) is 78.9 Å². The van der Waals surface area contributed by atoms with Crippen molar-refractivity contribution in [1.29, 1.82) is 0 Å². The van der Waals surface area contributed by atoms with Crippen LogP contribution in [0.1, 0.15) is 18.9 Å². The van der Waals surface area contributed by atoms with Crippen LogP contribution in [0.25, 0.3) is 0 Å². The Morgan fingerprint density at radius 1 is 1.00 bits per heavy atom. The molecular weight excluding hydrogens is 558 g/mol. The number of nitrogens with zero attached hydrogens (tertiary/aromatic N) is 3. The van der Waals surface area contributed by atoms with Crippen molar-refractivity contribution in [2.24, 2.45) is 11.8 Å². The molecule has 9 heteroatoms. The summed E-state index contributed by atoms with van der Waals surface area (Å²) in [6, 6.07) is 15.3. The second-order valence-electron chi connectivity index (χ2n) is 11.2. The van der Waals surface area contributed by atoms with Crippen LogP contribution < -0.4 is 4.90 Å². The maximum absolute atomic E-state index is 14.7. The number of aliphatic hydroxyl groups is 1. The van der Waals surface area contributed by atoms with Crippen molar-refractivity contribution in [1.82, 2.24) is 9.80 Å². The van der Waals surface area contributed by atoms with Crippen LogP contribution in [0.2, 0.25) is 5.02 Å². The highest BCUT2D eigenvalue weighted by Gasteiger charge is 2.71. The predicted molar refractivity (Wildman–Crippen MR) is 162 cm³/mol. The number of hydrogen-bond donors (Lipinski definition) is 1. The van der Waals surface area contributed by atoms with Gasteiger partial charge in [-0.05, 0) is 42.7 Å². The minimum Gasteiger partial charge on any atom is -0.394 e. The summed E-state index contributed by atoms with van der Waals surface area (Å²) in [5.74, 6) is -1.78. The first kappa shape index (κ1) is 28.1. The molecule has 4 aliphatic heterocycles. The molecule has 0 saturated carbocycles. The number of halogens is 1. The lowest BCUT2D eigenvalue weighted by molar-refractivity contribution is -0.144. The van der Waals surface area contributed by atoms with Gasteiger partial charge in [0, 0.05) is 35.6 Å². The molecule has 2 aromatic rings. The zero-order valence-corrected chi connectivity index (χ0v) is 24.5. The van der Waals surface area contributed by atoms with Crippen molar-refractivity contribution in [3.05, 3.63) is 89.5 Å². The molecule has 0 aliphatic carbocycles. The number of thioether (sulfide) groups is 1. The highest BCUT2D eigenvalue weighted by molar-refractivity contribution is 8.02. The third-order valence-electron chi connectivity index (χ3n) is 8.73. The Hall–Kier alpha value is -3.07. The first-order valence-electron chi connectivity index (χ1n) is 14.2. The van der Waals surface area contributed by atoms with E-state index in [2.05, 4.69) is 6.08 Å². The van der Waals surface area contributed by atoms with E-state index in [0.717, 1.165) is 12.0 Å². The summed E-state index contributed by atoms with van der Waals surface area (Å²) < 4.78 is -0.940. The fourth-order valence-electron chi connectivity index (χ4n) is 6.98. The third-order valence-corrected chi connectivity index (χ3v) is 10.7. The van der Waals surface area contributed by atoms with E-state index in [1.165, 1.54) is 0 Å². The summed E-state index contributed by atoms with van der Waals surface area (Å²) in [7, 11) is 0. The van der Waals surface area contributed by atoms with Gasteiger partial charge in [0.1, 0.15) is 6.04 Å².